The molecule has 2 heterocycles. The van der Waals surface area contributed by atoms with Gasteiger partial charge in [-0.25, -0.2) is 9.78 Å². The van der Waals surface area contributed by atoms with Gasteiger partial charge in [-0.15, -0.1) is 0 Å². The number of aryl methyl sites for hydroxylation is 1. The van der Waals surface area contributed by atoms with Gasteiger partial charge in [-0.2, -0.15) is 0 Å². The van der Waals surface area contributed by atoms with Gasteiger partial charge in [-0.05, 0) is 69.2 Å². The predicted molar refractivity (Wildman–Crippen MR) is 121 cm³/mol. The Kier molecular flexibility index (Phi) is 5.31. The molecule has 2 fully saturated rings. The first kappa shape index (κ1) is 19.9. The number of rotatable bonds is 5. The van der Waals surface area contributed by atoms with Crippen LogP contribution >= 0.6 is 11.3 Å². The van der Waals surface area contributed by atoms with Crippen LogP contribution in [0.25, 0.3) is 21.3 Å². The number of carbonyl (C=O) groups excluding carboxylic acids is 2. The monoisotopic (exact) mass is 436 g/mol. The average Bonchev–Trinajstić information content (AvgIpc) is 3.34. The Hall–Kier alpha value is -3.00. The van der Waals surface area contributed by atoms with Gasteiger partial charge in [0.25, 0.3) is 0 Å². The van der Waals surface area contributed by atoms with Crippen LogP contribution in [0, 0.1) is 12.8 Å². The van der Waals surface area contributed by atoms with Crippen LogP contribution in [0.1, 0.15) is 44.2 Å². The van der Waals surface area contributed by atoms with Crippen molar-refractivity contribution in [2.45, 2.75) is 51.6 Å². The fraction of sp³-hybridized carbons (Fsp3) is 0.391. The van der Waals surface area contributed by atoms with E-state index in [-0.39, 0.29) is 17.9 Å². The minimum atomic E-state index is -0.428. The predicted octanol–water partition coefficient (Wildman–Crippen LogP) is 5.51. The van der Waals surface area contributed by atoms with Crippen LogP contribution in [0.3, 0.4) is 0 Å². The molecule has 160 valence electrons. The van der Waals surface area contributed by atoms with Crippen LogP contribution in [-0.2, 0) is 9.53 Å². The van der Waals surface area contributed by atoms with Crippen molar-refractivity contribution in [3.8, 4) is 11.1 Å². The molecule has 0 spiro atoms. The first-order valence-corrected chi connectivity index (χ1v) is 11.5. The molecule has 2 aliphatic rings. The SMILES string of the molecule is Cc1ncc(-c2ccc3nc(NC(=O)C4CC4)sc3c2)cc1NC(=O)OC1CCCC1. The molecule has 0 atom stereocenters. The Balaban J connectivity index is 1.34. The summed E-state index contributed by atoms with van der Waals surface area (Å²) in [6.45, 7) is 1.86. The molecule has 0 radical (unpaired) electrons. The molecule has 0 unspecified atom stereocenters. The number of nitrogens with one attached hydrogen (secondary N) is 2. The van der Waals surface area contributed by atoms with Gasteiger partial charge in [-0.1, -0.05) is 17.4 Å². The number of hydrogen-bond acceptors (Lipinski definition) is 6. The first-order valence-electron chi connectivity index (χ1n) is 10.7. The summed E-state index contributed by atoms with van der Waals surface area (Å²) < 4.78 is 6.50. The van der Waals surface area contributed by atoms with Crippen molar-refractivity contribution in [1.29, 1.82) is 0 Å². The zero-order valence-corrected chi connectivity index (χ0v) is 18.1. The molecule has 0 aliphatic heterocycles. The van der Waals surface area contributed by atoms with Crippen molar-refractivity contribution in [2.24, 2.45) is 5.92 Å². The molecular formula is C23H24N4O3S. The highest BCUT2D eigenvalue weighted by molar-refractivity contribution is 7.22. The third-order valence-electron chi connectivity index (χ3n) is 5.80. The molecule has 2 N–H and O–H groups in total. The third-order valence-corrected chi connectivity index (χ3v) is 6.73. The molecule has 3 aromatic rings. The molecule has 2 aliphatic carbocycles. The second-order valence-electron chi connectivity index (χ2n) is 8.26. The van der Waals surface area contributed by atoms with Gasteiger partial charge in [0.15, 0.2) is 5.13 Å². The largest absolute Gasteiger partial charge is 0.446 e. The zero-order chi connectivity index (χ0) is 21.4. The van der Waals surface area contributed by atoms with E-state index in [1.807, 2.05) is 31.2 Å². The average molecular weight is 437 g/mol. The third kappa shape index (κ3) is 4.54. The summed E-state index contributed by atoms with van der Waals surface area (Å²) in [5, 5.41) is 6.39. The van der Waals surface area contributed by atoms with Gasteiger partial charge in [0.1, 0.15) is 6.10 Å². The number of thiazole rings is 1. The standard InChI is InChI=1S/C23H24N4O3S/c1-13-19(26-23(29)30-17-4-2-3-5-17)10-16(12-24-13)15-8-9-18-20(11-15)31-22(25-18)27-21(28)14-6-7-14/h8-12,14,17H,2-7H2,1H3,(H,26,29)(H,25,27,28). The minimum Gasteiger partial charge on any atom is -0.446 e. The molecule has 31 heavy (non-hydrogen) atoms. The fourth-order valence-electron chi connectivity index (χ4n) is 3.83. The fourth-order valence-corrected chi connectivity index (χ4v) is 4.73. The van der Waals surface area contributed by atoms with E-state index in [4.69, 9.17) is 4.74 Å². The number of aromatic nitrogens is 2. The molecule has 8 heteroatoms. The summed E-state index contributed by atoms with van der Waals surface area (Å²) in [7, 11) is 0. The maximum atomic E-state index is 12.3. The summed E-state index contributed by atoms with van der Waals surface area (Å²) in [4.78, 5) is 33.3. The zero-order valence-electron chi connectivity index (χ0n) is 17.3. The van der Waals surface area contributed by atoms with Crippen molar-refractivity contribution in [2.75, 3.05) is 10.6 Å². The molecule has 2 amide bonds. The molecule has 7 nitrogen and oxygen atoms in total. The van der Waals surface area contributed by atoms with Crippen molar-refractivity contribution in [3.63, 3.8) is 0 Å². The van der Waals surface area contributed by atoms with Crippen molar-refractivity contribution < 1.29 is 14.3 Å². The summed E-state index contributed by atoms with van der Waals surface area (Å²) >= 11 is 1.46. The molecular weight excluding hydrogens is 412 g/mol. The van der Waals surface area contributed by atoms with E-state index in [9.17, 15) is 9.59 Å². The van der Waals surface area contributed by atoms with Crippen LogP contribution in [0.2, 0.25) is 0 Å². The van der Waals surface area contributed by atoms with Gasteiger partial charge < -0.3 is 10.1 Å². The van der Waals surface area contributed by atoms with Crippen LogP contribution < -0.4 is 10.6 Å². The van der Waals surface area contributed by atoms with Crippen LogP contribution in [0.5, 0.6) is 0 Å². The van der Waals surface area contributed by atoms with Gasteiger partial charge in [-0.3, -0.25) is 15.1 Å². The van der Waals surface area contributed by atoms with E-state index in [0.29, 0.717) is 10.8 Å². The first-order chi connectivity index (χ1) is 15.0. The van der Waals surface area contributed by atoms with Crippen molar-refractivity contribution >= 4 is 44.4 Å². The number of anilines is 2. The maximum Gasteiger partial charge on any atom is 0.411 e. The van der Waals surface area contributed by atoms with E-state index in [2.05, 4.69) is 20.6 Å². The van der Waals surface area contributed by atoms with E-state index in [1.165, 1.54) is 11.3 Å². The lowest BCUT2D eigenvalue weighted by Gasteiger charge is -2.14. The van der Waals surface area contributed by atoms with Gasteiger partial charge >= 0.3 is 6.09 Å². The normalized spacial score (nSPS) is 16.4. The van der Waals surface area contributed by atoms with Crippen molar-refractivity contribution in [3.05, 3.63) is 36.2 Å². The van der Waals surface area contributed by atoms with Crippen LogP contribution in [0.4, 0.5) is 15.6 Å². The van der Waals surface area contributed by atoms with Gasteiger partial charge in [0, 0.05) is 17.7 Å². The van der Waals surface area contributed by atoms with Gasteiger partial charge in [0.05, 0.1) is 21.6 Å². The number of ether oxygens (including phenoxy) is 1. The number of benzene rings is 1. The molecule has 0 bridgehead atoms. The number of fused-ring (bicyclic) bond motifs is 1. The molecule has 1 aromatic carbocycles. The van der Waals surface area contributed by atoms with E-state index in [1.54, 1.807) is 6.20 Å². The van der Waals surface area contributed by atoms with Crippen LogP contribution in [0.15, 0.2) is 30.5 Å². The van der Waals surface area contributed by atoms with Crippen molar-refractivity contribution in [1.82, 2.24) is 9.97 Å². The number of carbonyl (C=O) groups is 2. The molecule has 2 saturated carbocycles. The summed E-state index contributed by atoms with van der Waals surface area (Å²) in [5.41, 5.74) is 4.08. The number of amides is 2. The Morgan fingerprint density at radius 1 is 1.06 bits per heavy atom. The Labute approximate surface area is 184 Å². The highest BCUT2D eigenvalue weighted by Crippen LogP contribution is 2.34. The smallest absolute Gasteiger partial charge is 0.411 e. The lowest BCUT2D eigenvalue weighted by Crippen LogP contribution is -2.20. The minimum absolute atomic E-state index is 0.0137. The highest BCUT2D eigenvalue weighted by Gasteiger charge is 2.30. The highest BCUT2D eigenvalue weighted by atomic mass is 32.1. The Morgan fingerprint density at radius 3 is 2.65 bits per heavy atom. The summed E-state index contributed by atoms with van der Waals surface area (Å²) in [6.07, 6.45) is 7.40. The number of hydrogen-bond donors (Lipinski definition) is 2. The number of pyridine rings is 1. The van der Waals surface area contributed by atoms with Gasteiger partial charge in [0.2, 0.25) is 5.91 Å². The summed E-state index contributed by atoms with van der Waals surface area (Å²) in [5.74, 6) is 0.203. The quantitative estimate of drug-likeness (QED) is 0.550. The molecule has 0 saturated heterocycles. The Bertz CT molecular complexity index is 1150. The second kappa shape index (κ2) is 8.26. The lowest BCUT2D eigenvalue weighted by molar-refractivity contribution is -0.117. The Morgan fingerprint density at radius 2 is 1.87 bits per heavy atom. The summed E-state index contributed by atoms with van der Waals surface area (Å²) in [6, 6.07) is 7.86. The maximum absolute atomic E-state index is 12.3. The van der Waals surface area contributed by atoms with E-state index in [0.717, 1.165) is 65.6 Å². The van der Waals surface area contributed by atoms with E-state index < -0.39 is 6.09 Å². The molecule has 5 rings (SSSR count). The lowest BCUT2D eigenvalue weighted by atomic mass is 10.1. The van der Waals surface area contributed by atoms with E-state index >= 15 is 0 Å². The second-order valence-corrected chi connectivity index (χ2v) is 9.29. The number of nitrogens with zero attached hydrogens (tertiary/aromatic N) is 2. The van der Waals surface area contributed by atoms with Crippen LogP contribution in [-0.4, -0.2) is 28.1 Å². The topological polar surface area (TPSA) is 93.2 Å². The molecule has 2 aromatic heterocycles.